The van der Waals surface area contributed by atoms with Gasteiger partial charge < -0.3 is 29.8 Å². The summed E-state index contributed by atoms with van der Waals surface area (Å²) < 4.78 is 10.2. The number of benzene rings is 1. The number of amides is 2. The van der Waals surface area contributed by atoms with Crippen molar-refractivity contribution in [3.05, 3.63) is 41.6 Å². The Bertz CT molecular complexity index is 1760. The number of methoxy groups -OCH3 is 1. The molecule has 0 aliphatic carbocycles. The molecule has 4 aromatic rings. The van der Waals surface area contributed by atoms with Crippen LogP contribution in [0, 0.1) is 5.92 Å². The molecule has 5 atom stereocenters. The first-order chi connectivity index (χ1) is 21.2. The number of pyridine rings is 1. The van der Waals surface area contributed by atoms with Crippen molar-refractivity contribution in [2.24, 2.45) is 18.7 Å². The van der Waals surface area contributed by atoms with Gasteiger partial charge in [0.15, 0.2) is 5.82 Å². The molecule has 44 heavy (non-hydrogen) atoms. The van der Waals surface area contributed by atoms with E-state index < -0.39 is 0 Å². The first-order valence-electron chi connectivity index (χ1n) is 16.2. The van der Waals surface area contributed by atoms with E-state index in [2.05, 4.69) is 26.6 Å². The molecule has 3 aromatic heterocycles. The van der Waals surface area contributed by atoms with Crippen LogP contribution in [0.5, 0.6) is 5.75 Å². The average Bonchev–Trinajstić information content (AvgIpc) is 3.76. The van der Waals surface area contributed by atoms with Crippen LogP contribution in [-0.4, -0.2) is 61.1 Å². The number of hydrogen-bond acceptors (Lipinski definition) is 6. The summed E-state index contributed by atoms with van der Waals surface area (Å²) in [5, 5.41) is 4.20. The summed E-state index contributed by atoms with van der Waals surface area (Å²) in [5.74, 6) is 1.50. The molecule has 0 saturated carbocycles. The molecular formula is C34H43N7O3. The molecule has 10 heteroatoms. The van der Waals surface area contributed by atoms with Crippen LogP contribution < -0.4 is 15.8 Å². The van der Waals surface area contributed by atoms with Gasteiger partial charge in [0.05, 0.1) is 30.1 Å². The topological polar surface area (TPSA) is 120 Å². The number of ether oxygens (including phenoxy) is 1. The molecule has 1 aromatic carbocycles. The van der Waals surface area contributed by atoms with Crippen molar-refractivity contribution in [3.63, 3.8) is 0 Å². The van der Waals surface area contributed by atoms with Crippen LogP contribution in [0.25, 0.3) is 33.6 Å². The van der Waals surface area contributed by atoms with Gasteiger partial charge in [-0.2, -0.15) is 0 Å². The lowest BCUT2D eigenvalue weighted by molar-refractivity contribution is -0.125. The Balaban J connectivity index is 1.31. The van der Waals surface area contributed by atoms with E-state index in [0.717, 1.165) is 97.2 Å². The number of rotatable bonds is 3. The Labute approximate surface area is 257 Å². The van der Waals surface area contributed by atoms with Gasteiger partial charge in [-0.15, -0.1) is 0 Å². The van der Waals surface area contributed by atoms with Gasteiger partial charge in [0.2, 0.25) is 5.91 Å². The molecule has 2 amide bonds. The number of imidazole rings is 1. The molecule has 7 rings (SSSR count). The van der Waals surface area contributed by atoms with Gasteiger partial charge in [0.25, 0.3) is 5.91 Å². The minimum Gasteiger partial charge on any atom is -0.494 e. The lowest BCUT2D eigenvalue weighted by Gasteiger charge is -2.23. The van der Waals surface area contributed by atoms with Crippen LogP contribution in [0.4, 0.5) is 0 Å². The smallest absolute Gasteiger partial charge is 0.254 e. The molecule has 0 spiro atoms. The Morgan fingerprint density at radius 2 is 1.86 bits per heavy atom. The molecule has 6 heterocycles. The Morgan fingerprint density at radius 3 is 2.61 bits per heavy atom. The standard InChI is InChI=1S/C34H43N7O3/c1-19-9-7-5-6-8-14-40-28(16-21-10-12-25(37-31(21)40)20(2)36-33(19)42)32-38-26-15-22(17-29(44-4)30(26)39(32)3)34(43)41-23-11-13-27(41)24(35)18-23/h10,12,15-17,19-20,23-24,27H,5-9,11,13-14,18,35H2,1-4H3,(H,36,42)/t19-,20-,23+,24-,27-/m1/s1. The number of fused-ring (bicyclic) bond motifs is 4. The van der Waals surface area contributed by atoms with E-state index in [1.807, 2.05) is 44.0 Å². The Morgan fingerprint density at radius 1 is 1.05 bits per heavy atom. The third-order valence-electron chi connectivity index (χ3n) is 10.2. The number of nitrogens with two attached hydrogens (primary N) is 1. The number of carbonyl (C=O) groups excluding carboxylic acids is 2. The van der Waals surface area contributed by atoms with E-state index in [9.17, 15) is 9.59 Å². The normalized spacial score (nSPS) is 26.0. The van der Waals surface area contributed by atoms with Gasteiger partial charge in [-0.05, 0) is 69.4 Å². The molecule has 0 unspecified atom stereocenters. The molecule has 3 N–H and O–H groups in total. The van der Waals surface area contributed by atoms with Crippen LogP contribution in [0.2, 0.25) is 0 Å². The van der Waals surface area contributed by atoms with Crippen LogP contribution in [0.3, 0.4) is 0 Å². The molecule has 232 valence electrons. The molecule has 2 saturated heterocycles. The highest BCUT2D eigenvalue weighted by atomic mass is 16.5. The van der Waals surface area contributed by atoms with Gasteiger partial charge >= 0.3 is 0 Å². The van der Waals surface area contributed by atoms with Crippen molar-refractivity contribution in [3.8, 4) is 17.3 Å². The Hall–Kier alpha value is -3.92. The SMILES string of the molecule is COc1cc(C(=O)N2[C@H]3CC[C@@H]2[C@H](N)C3)cc2nc(-c3cc4ccc5nc4n3CCCCCC[C@@H](C)C(=O)N[C@@H]5C)n(C)c12. The van der Waals surface area contributed by atoms with E-state index in [-0.39, 0.29) is 41.9 Å². The monoisotopic (exact) mass is 597 g/mol. The zero-order valence-corrected chi connectivity index (χ0v) is 26.2. The van der Waals surface area contributed by atoms with Gasteiger partial charge in [0, 0.05) is 48.6 Å². The predicted molar refractivity (Wildman–Crippen MR) is 170 cm³/mol. The lowest BCUT2D eigenvalue weighted by Crippen LogP contribution is -2.40. The van der Waals surface area contributed by atoms with Gasteiger partial charge in [0.1, 0.15) is 16.9 Å². The van der Waals surface area contributed by atoms with E-state index in [4.69, 9.17) is 20.4 Å². The number of carbonyl (C=O) groups is 2. The van der Waals surface area contributed by atoms with Gasteiger partial charge in [-0.1, -0.05) is 26.2 Å². The highest BCUT2D eigenvalue weighted by Crippen LogP contribution is 2.40. The van der Waals surface area contributed by atoms with Crippen molar-refractivity contribution < 1.29 is 14.3 Å². The number of aromatic nitrogens is 4. The molecule has 2 fully saturated rings. The average molecular weight is 598 g/mol. The van der Waals surface area contributed by atoms with E-state index in [1.165, 1.54) is 0 Å². The maximum atomic E-state index is 13.8. The fraction of sp³-hybridized carbons (Fsp3) is 0.529. The maximum absolute atomic E-state index is 13.8. The molecule has 4 bridgehead atoms. The molecule has 10 nitrogen and oxygen atoms in total. The lowest BCUT2D eigenvalue weighted by atomic mass is 9.97. The third-order valence-corrected chi connectivity index (χ3v) is 10.2. The van der Waals surface area contributed by atoms with Crippen molar-refractivity contribution in [2.45, 2.75) is 95.9 Å². The minimum absolute atomic E-state index is 0.00648. The summed E-state index contributed by atoms with van der Waals surface area (Å²) in [5.41, 5.74) is 11.2. The van der Waals surface area contributed by atoms with Gasteiger partial charge in [-0.25, -0.2) is 9.97 Å². The van der Waals surface area contributed by atoms with Crippen LogP contribution >= 0.6 is 0 Å². The second kappa shape index (κ2) is 11.2. The van der Waals surface area contributed by atoms with Crippen molar-refractivity contribution in [1.29, 1.82) is 0 Å². The molecule has 0 radical (unpaired) electrons. The first kappa shape index (κ1) is 28.8. The second-order valence-electron chi connectivity index (χ2n) is 13.1. The third kappa shape index (κ3) is 4.74. The van der Waals surface area contributed by atoms with Gasteiger partial charge in [-0.3, -0.25) is 9.59 Å². The van der Waals surface area contributed by atoms with E-state index in [0.29, 0.717) is 11.3 Å². The predicted octanol–water partition coefficient (Wildman–Crippen LogP) is 5.08. The highest BCUT2D eigenvalue weighted by Gasteiger charge is 2.47. The molecular weight excluding hydrogens is 554 g/mol. The fourth-order valence-electron chi connectivity index (χ4n) is 7.75. The van der Waals surface area contributed by atoms with Crippen LogP contribution in [0.1, 0.15) is 87.3 Å². The number of hydrogen-bond donors (Lipinski definition) is 2. The first-order valence-corrected chi connectivity index (χ1v) is 16.2. The zero-order chi connectivity index (χ0) is 30.7. The van der Waals surface area contributed by atoms with E-state index in [1.54, 1.807) is 7.11 Å². The number of nitrogens with zero attached hydrogens (tertiary/aromatic N) is 5. The fourth-order valence-corrected chi connectivity index (χ4v) is 7.75. The van der Waals surface area contributed by atoms with Crippen molar-refractivity contribution >= 4 is 33.9 Å². The van der Waals surface area contributed by atoms with E-state index >= 15 is 0 Å². The summed E-state index contributed by atoms with van der Waals surface area (Å²) >= 11 is 0. The van der Waals surface area contributed by atoms with Crippen LogP contribution in [-0.2, 0) is 18.4 Å². The minimum atomic E-state index is -0.194. The summed E-state index contributed by atoms with van der Waals surface area (Å²) in [6.07, 6.45) is 7.95. The number of aryl methyl sites for hydroxylation is 2. The zero-order valence-electron chi connectivity index (χ0n) is 26.2. The van der Waals surface area contributed by atoms with Crippen molar-refractivity contribution in [1.82, 2.24) is 29.3 Å². The van der Waals surface area contributed by atoms with Crippen molar-refractivity contribution in [2.75, 3.05) is 7.11 Å². The summed E-state index contributed by atoms with van der Waals surface area (Å²) in [7, 11) is 3.64. The summed E-state index contributed by atoms with van der Waals surface area (Å²) in [4.78, 5) is 38.8. The molecule has 3 aliphatic heterocycles. The Kier molecular flexibility index (Phi) is 7.35. The second-order valence-corrected chi connectivity index (χ2v) is 13.1. The largest absolute Gasteiger partial charge is 0.494 e. The maximum Gasteiger partial charge on any atom is 0.254 e. The quantitative estimate of drug-likeness (QED) is 0.340. The van der Waals surface area contributed by atoms with Crippen LogP contribution in [0.15, 0.2) is 30.3 Å². The molecule has 3 aliphatic rings. The highest BCUT2D eigenvalue weighted by molar-refractivity contribution is 6.00. The summed E-state index contributed by atoms with van der Waals surface area (Å²) in [6, 6.07) is 10.2. The summed E-state index contributed by atoms with van der Waals surface area (Å²) in [6.45, 7) is 4.82. The number of nitrogens with one attached hydrogen (secondary N) is 1.